The van der Waals surface area contributed by atoms with E-state index in [1.54, 1.807) is 0 Å². The number of hydrogen-bond donors (Lipinski definition) is 0. The predicted molar refractivity (Wildman–Crippen MR) is 90.9 cm³/mol. The van der Waals surface area contributed by atoms with Gasteiger partial charge in [0, 0.05) is 17.4 Å². The minimum Gasteiger partial charge on any atom is -0.396 e. The molecule has 3 rings (SSSR count). The molecule has 1 aromatic rings. The van der Waals surface area contributed by atoms with Gasteiger partial charge >= 0.3 is 0 Å². The minimum absolute atomic E-state index is 0.190. The number of hydrogen-bond acceptors (Lipinski definition) is 2. The lowest BCUT2D eigenvalue weighted by Gasteiger charge is -2.54. The zero-order valence-corrected chi connectivity index (χ0v) is 14.7. The Labute approximate surface area is 134 Å². The maximum absolute atomic E-state index is 12.8. The fraction of sp³-hybridized carbons (Fsp3) is 0.526. The van der Waals surface area contributed by atoms with E-state index in [2.05, 4.69) is 31.5 Å². The Balaban J connectivity index is 1.95. The van der Waals surface area contributed by atoms with E-state index in [0.29, 0.717) is 5.92 Å². The van der Waals surface area contributed by atoms with E-state index >= 15 is 0 Å². The first kappa shape index (κ1) is 15.5. The van der Waals surface area contributed by atoms with Crippen molar-refractivity contribution in [3.63, 3.8) is 0 Å². The summed E-state index contributed by atoms with van der Waals surface area (Å²) in [6.07, 6.45) is 4.46. The number of fused-ring (bicyclic) bond motifs is 1. The highest BCUT2D eigenvalue weighted by Crippen LogP contribution is 2.51. The molecule has 0 amide bonds. The van der Waals surface area contributed by atoms with Crippen LogP contribution in [0, 0.1) is 23.7 Å². The van der Waals surface area contributed by atoms with Gasteiger partial charge in [-0.2, -0.15) is 0 Å². The van der Waals surface area contributed by atoms with Crippen molar-refractivity contribution in [2.24, 2.45) is 11.8 Å². The van der Waals surface area contributed by atoms with Gasteiger partial charge in [0.25, 0.3) is 0 Å². The van der Waals surface area contributed by atoms with Crippen LogP contribution in [-0.4, -0.2) is 19.7 Å². The molecule has 0 spiro atoms. The Morgan fingerprint density at radius 1 is 1.14 bits per heavy atom. The zero-order valence-electron chi connectivity index (χ0n) is 13.7. The number of rotatable bonds is 2. The molecule has 2 aliphatic carbocycles. The van der Waals surface area contributed by atoms with E-state index in [1.165, 1.54) is 12.8 Å². The van der Waals surface area contributed by atoms with Gasteiger partial charge in [0.1, 0.15) is 0 Å². The van der Waals surface area contributed by atoms with Crippen molar-refractivity contribution in [2.75, 3.05) is 0 Å². The van der Waals surface area contributed by atoms with Gasteiger partial charge in [-0.15, -0.1) is 0 Å². The third-order valence-electron chi connectivity index (χ3n) is 4.62. The van der Waals surface area contributed by atoms with Crippen LogP contribution < -0.4 is 0 Å². The molecule has 0 N–H and O–H groups in total. The smallest absolute Gasteiger partial charge is 0.186 e. The first-order chi connectivity index (χ1) is 10.4. The van der Waals surface area contributed by atoms with Crippen molar-refractivity contribution in [1.82, 2.24) is 0 Å². The van der Waals surface area contributed by atoms with Crippen molar-refractivity contribution >= 4 is 14.1 Å². The Hall–Kier alpha value is -1.37. The van der Waals surface area contributed by atoms with Crippen LogP contribution in [0.1, 0.15) is 31.2 Å². The Morgan fingerprint density at radius 2 is 1.82 bits per heavy atom. The highest BCUT2D eigenvalue weighted by molar-refractivity contribution is 6.70. The van der Waals surface area contributed by atoms with Crippen LogP contribution in [0.25, 0.3) is 0 Å². The first-order valence-corrected chi connectivity index (χ1v) is 11.7. The molecule has 0 radical (unpaired) electrons. The largest absolute Gasteiger partial charge is 0.396 e. The highest BCUT2D eigenvalue weighted by Gasteiger charge is 2.63. The number of Topliss-reactive ketones (excluding diaryl/α,β-unsaturated/α-hetero) is 1. The first-order valence-electron chi connectivity index (χ1n) is 8.25. The monoisotopic (exact) mass is 312 g/mol. The summed E-state index contributed by atoms with van der Waals surface area (Å²) in [6.45, 7) is 6.42. The molecule has 2 nitrogen and oxygen atoms in total. The second-order valence-electron chi connectivity index (χ2n) is 7.43. The maximum atomic E-state index is 12.8. The summed E-state index contributed by atoms with van der Waals surface area (Å²) in [4.78, 5) is 12.8. The molecule has 3 atom stereocenters. The molecular formula is C19H24O2Si. The summed E-state index contributed by atoms with van der Waals surface area (Å²) in [5.74, 6) is 7.20. The third-order valence-corrected chi connectivity index (χ3v) is 5.56. The molecule has 1 aromatic carbocycles. The molecule has 0 aliphatic heterocycles. The molecule has 0 heterocycles. The fourth-order valence-corrected chi connectivity index (χ4v) is 5.04. The van der Waals surface area contributed by atoms with E-state index in [9.17, 15) is 4.79 Å². The summed E-state index contributed by atoms with van der Waals surface area (Å²) < 4.78 is 6.38. The summed E-state index contributed by atoms with van der Waals surface area (Å²) in [5.41, 5.74) is 0.124. The molecule has 3 heteroatoms. The van der Waals surface area contributed by atoms with E-state index in [4.69, 9.17) is 4.43 Å². The molecule has 0 saturated heterocycles. The molecule has 116 valence electrons. The van der Waals surface area contributed by atoms with Crippen LogP contribution in [0.15, 0.2) is 30.3 Å². The molecular weight excluding hydrogens is 288 g/mol. The van der Waals surface area contributed by atoms with Crippen LogP contribution in [-0.2, 0) is 9.22 Å². The summed E-state index contributed by atoms with van der Waals surface area (Å²) in [6, 6.07) is 9.89. The van der Waals surface area contributed by atoms with Gasteiger partial charge in [0.15, 0.2) is 19.7 Å². The summed E-state index contributed by atoms with van der Waals surface area (Å²) in [7, 11) is -1.84. The van der Waals surface area contributed by atoms with E-state index < -0.39 is 13.9 Å². The number of ketones is 1. The van der Waals surface area contributed by atoms with Crippen LogP contribution in [0.2, 0.25) is 19.6 Å². The van der Waals surface area contributed by atoms with Gasteiger partial charge in [-0.3, -0.25) is 4.79 Å². The normalized spacial score (nSPS) is 30.8. The summed E-state index contributed by atoms with van der Waals surface area (Å²) >= 11 is 0. The second kappa shape index (κ2) is 5.68. The van der Waals surface area contributed by atoms with Crippen molar-refractivity contribution in [3.05, 3.63) is 35.9 Å². The van der Waals surface area contributed by atoms with Gasteiger partial charge in [0.05, 0.1) is 0 Å². The van der Waals surface area contributed by atoms with Crippen LogP contribution in [0.4, 0.5) is 0 Å². The molecule has 0 bridgehead atoms. The molecule has 1 unspecified atom stereocenters. The molecule has 2 saturated carbocycles. The van der Waals surface area contributed by atoms with E-state index in [0.717, 1.165) is 18.4 Å². The quantitative estimate of drug-likeness (QED) is 0.609. The highest BCUT2D eigenvalue weighted by atomic mass is 28.4. The van der Waals surface area contributed by atoms with Crippen molar-refractivity contribution in [1.29, 1.82) is 0 Å². The van der Waals surface area contributed by atoms with Crippen molar-refractivity contribution < 1.29 is 9.22 Å². The Bertz CT molecular complexity index is 620. The standard InChI is InChI=1S/C19H24O2Si/c1-22(2,3)21-19(14-13-15-9-5-4-6-10-15)17-12-8-7-11-16(17)18(19)20/h4-6,9-10,16-17H,7-8,11-12H2,1-3H3/t16-,17+,19?/m1/s1. The second-order valence-corrected chi connectivity index (χ2v) is 11.9. The van der Waals surface area contributed by atoms with Gasteiger partial charge in [-0.05, 0) is 44.6 Å². The van der Waals surface area contributed by atoms with Crippen molar-refractivity contribution in [2.45, 2.75) is 50.9 Å². The topological polar surface area (TPSA) is 26.3 Å². The van der Waals surface area contributed by atoms with Crippen LogP contribution in [0.5, 0.6) is 0 Å². The average Bonchev–Trinajstić information content (AvgIpc) is 2.51. The number of carbonyl (C=O) groups excluding carboxylic acids is 1. The average molecular weight is 312 g/mol. The predicted octanol–water partition coefficient (Wildman–Crippen LogP) is 4.02. The minimum atomic E-state index is -1.84. The fourth-order valence-electron chi connectivity index (χ4n) is 3.77. The SMILES string of the molecule is C[Si](C)(C)OC1(C#Cc2ccccc2)C(=O)[C@@H]2CCCC[C@@H]21. The van der Waals surface area contributed by atoms with Crippen LogP contribution >= 0.6 is 0 Å². The van der Waals surface area contributed by atoms with Crippen molar-refractivity contribution in [3.8, 4) is 11.8 Å². The van der Waals surface area contributed by atoms with Crippen LogP contribution in [0.3, 0.4) is 0 Å². The maximum Gasteiger partial charge on any atom is 0.186 e. The van der Waals surface area contributed by atoms with E-state index in [-0.39, 0.29) is 11.7 Å². The molecule has 2 aliphatic rings. The Morgan fingerprint density at radius 3 is 2.50 bits per heavy atom. The molecule has 2 fully saturated rings. The lowest BCUT2D eigenvalue weighted by atomic mass is 9.55. The lowest BCUT2D eigenvalue weighted by molar-refractivity contribution is -0.165. The molecule has 22 heavy (non-hydrogen) atoms. The molecule has 0 aromatic heterocycles. The summed E-state index contributed by atoms with van der Waals surface area (Å²) in [5, 5.41) is 0. The van der Waals surface area contributed by atoms with E-state index in [1.807, 2.05) is 30.3 Å². The number of carbonyl (C=O) groups is 1. The zero-order chi connectivity index (χ0) is 15.8. The van der Waals surface area contributed by atoms with Gasteiger partial charge in [-0.25, -0.2) is 0 Å². The Kier molecular flexibility index (Phi) is 4.01. The lowest BCUT2D eigenvalue weighted by Crippen LogP contribution is -2.67. The van der Waals surface area contributed by atoms with Gasteiger partial charge < -0.3 is 4.43 Å². The number of benzene rings is 1. The van der Waals surface area contributed by atoms with Gasteiger partial charge in [0.2, 0.25) is 0 Å². The third kappa shape index (κ3) is 2.78. The van der Waals surface area contributed by atoms with Gasteiger partial charge in [-0.1, -0.05) is 42.9 Å².